The molecule has 0 rings (SSSR count). The van der Waals surface area contributed by atoms with E-state index in [1.54, 1.807) is 6.92 Å². The van der Waals surface area contributed by atoms with E-state index in [1.165, 1.54) is 58.3 Å². The third-order valence-corrected chi connectivity index (χ3v) is 6.24. The molecule has 13 heteroatoms. The fourth-order valence-corrected chi connectivity index (χ4v) is 3.86. The molecule has 0 aromatic heterocycles. The van der Waals surface area contributed by atoms with Gasteiger partial charge in [-0.25, -0.2) is 0 Å². The molecule has 0 spiro atoms. The van der Waals surface area contributed by atoms with Crippen LogP contribution in [0.5, 0.6) is 0 Å². The Bertz CT molecular complexity index is 1300. The topological polar surface area (TPSA) is 145 Å². The normalized spacial score (nSPS) is 9.49. The van der Waals surface area contributed by atoms with Crippen LogP contribution in [-0.4, -0.2) is 42.3 Å². The van der Waals surface area contributed by atoms with Crippen molar-refractivity contribution in [3.63, 3.8) is 0 Å². The number of carbonyl (C=O) groups is 2. The molecule has 0 radical (unpaired) electrons. The maximum Gasteiger partial charge on any atom is 1.00 e. The second-order valence-electron chi connectivity index (χ2n) is 9.19. The Morgan fingerprint density at radius 2 is 1.21 bits per heavy atom. The third-order valence-electron chi connectivity index (χ3n) is 5.28. The molecule has 0 heterocycles. The van der Waals surface area contributed by atoms with E-state index in [4.69, 9.17) is 9.84 Å². The van der Waals surface area contributed by atoms with Crippen molar-refractivity contribution < 1.29 is 115 Å². The Labute approximate surface area is 344 Å². The number of aliphatic hydroxyl groups is 1. The van der Waals surface area contributed by atoms with Crippen molar-refractivity contribution in [2.24, 2.45) is 0 Å². The quantitative estimate of drug-likeness (QED) is 0.0465. The van der Waals surface area contributed by atoms with E-state index in [9.17, 15) is 23.9 Å². The molecule has 0 fully saturated rings. The smallest absolute Gasteiger partial charge is 0.790 e. The summed E-state index contributed by atoms with van der Waals surface area (Å²) < 4.78 is 24.4. The van der Waals surface area contributed by atoms with Crippen LogP contribution < -0.4 is 68.9 Å². The monoisotopic (exact) mass is 722 g/mol. The number of thioether (sulfide) groups is 1. The largest absolute Gasteiger partial charge is 1.00 e. The summed E-state index contributed by atoms with van der Waals surface area (Å²) in [6.07, 6.45) is 13.4. The van der Waals surface area contributed by atoms with Gasteiger partial charge in [-0.3, -0.25) is 9.59 Å². The van der Waals surface area contributed by atoms with Crippen LogP contribution in [0.25, 0.3) is 0 Å². The van der Waals surface area contributed by atoms with Gasteiger partial charge in [-0.2, -0.15) is 0 Å². The summed E-state index contributed by atoms with van der Waals surface area (Å²) in [4.78, 5) is 43.3. The Morgan fingerprint density at radius 3 is 1.64 bits per heavy atom. The van der Waals surface area contributed by atoms with E-state index in [2.05, 4.69) is 86.6 Å². The molecular weight excluding hydrogens is 661 g/mol. The SMILES string of the molecule is CC#CC#CC#CC#CC#CC#CSC(C)=O.CCCCCCCCCCCCCCC(=O)O[C@@H](COCO)COP(=O)([O-])[O-].[HH].[HH].[HH].[HH].[HH].[HH].[HH].[HH].[HH].[Na+].[Na+]. The maximum atomic E-state index is 11.8. The number of hydrogen-bond acceptors (Lipinski definition) is 10. The van der Waals surface area contributed by atoms with Crippen molar-refractivity contribution >= 4 is 30.7 Å². The van der Waals surface area contributed by atoms with E-state index >= 15 is 0 Å². The number of ether oxygens (including phenoxy) is 2. The number of hydrogen-bond donors (Lipinski definition) is 1. The van der Waals surface area contributed by atoms with E-state index in [-0.39, 0.29) is 90.1 Å². The molecule has 0 bridgehead atoms. The second kappa shape index (κ2) is 41.1. The molecule has 1 N–H and O–H groups in total. The Kier molecular flexibility index (Phi) is 46.0. The van der Waals surface area contributed by atoms with Crippen LogP contribution in [0.2, 0.25) is 0 Å². The molecule has 264 valence electrons. The molecule has 0 unspecified atom stereocenters. The molecule has 1 atom stereocenters. The first-order chi connectivity index (χ1) is 21.7. The number of unbranched alkanes of at least 4 members (excludes halogenated alkanes) is 11. The van der Waals surface area contributed by atoms with Gasteiger partial charge in [0.15, 0.2) is 5.12 Å². The summed E-state index contributed by atoms with van der Waals surface area (Å²) in [5.41, 5.74) is 0. The first-order valence-corrected chi connectivity index (χ1v) is 17.1. The van der Waals surface area contributed by atoms with E-state index in [0.717, 1.165) is 31.0 Å². The van der Waals surface area contributed by atoms with Crippen LogP contribution in [0, 0.1) is 70.4 Å². The average molecular weight is 723 g/mol. The molecule has 0 aromatic rings. The third kappa shape index (κ3) is 49.4. The van der Waals surface area contributed by atoms with Gasteiger partial charge < -0.3 is 33.5 Å². The summed E-state index contributed by atoms with van der Waals surface area (Å²) in [5.74, 6) is 27.0. The summed E-state index contributed by atoms with van der Waals surface area (Å²) in [6.45, 7) is 3.88. The van der Waals surface area contributed by atoms with E-state index in [1.807, 2.05) is 0 Å². The number of esters is 1. The van der Waals surface area contributed by atoms with Crippen LogP contribution in [-0.2, 0) is 28.2 Å². The van der Waals surface area contributed by atoms with Crippen molar-refractivity contribution in [2.75, 3.05) is 20.0 Å². The number of carbonyl (C=O) groups excluding carboxylic acids is 2. The summed E-state index contributed by atoms with van der Waals surface area (Å²) in [6, 6.07) is 0. The molecule has 9 nitrogen and oxygen atoms in total. The Balaban J connectivity index is -0.0000000537. The predicted molar refractivity (Wildman–Crippen MR) is 192 cm³/mol. The summed E-state index contributed by atoms with van der Waals surface area (Å²) >= 11 is 0.901. The Morgan fingerprint density at radius 1 is 0.766 bits per heavy atom. The minimum absolute atomic E-state index is 0. The van der Waals surface area contributed by atoms with Gasteiger partial charge in [0.1, 0.15) is 12.9 Å². The van der Waals surface area contributed by atoms with Crippen LogP contribution in [0.3, 0.4) is 0 Å². The minimum atomic E-state index is -5.15. The molecule has 0 saturated carbocycles. The van der Waals surface area contributed by atoms with Gasteiger partial charge in [0, 0.05) is 37.9 Å². The molecule has 0 aliphatic heterocycles. The number of phosphoric acid groups is 1. The van der Waals surface area contributed by atoms with Gasteiger partial charge in [-0.15, -0.1) is 0 Å². The standard InChI is InChI=1S/C19H39O8P.C15H6OS.2Na.9H2/c1-2-3-4-5-6-7-8-9-10-11-12-13-14-19(21)27-18(15-25-17-20)16-26-28(22,23)24;1-3-4-5-6-7-8-9-10-11-12-13-14-17-15(2)16;;;;;;;;;;;/h18,20H,2-17H2,1H3,(H2,22,23,24);1-2H3;;;9*1H/q;;2*+1;;;;;;;;;/p-2/t18-;;;;;;;;;;;;/m0............/s1. The summed E-state index contributed by atoms with van der Waals surface area (Å²) in [7, 11) is -5.15. The molecule has 0 aromatic carbocycles. The van der Waals surface area contributed by atoms with Crippen molar-refractivity contribution in [3.05, 3.63) is 0 Å². The van der Waals surface area contributed by atoms with E-state index < -0.39 is 33.3 Å². The molecule has 47 heavy (non-hydrogen) atoms. The van der Waals surface area contributed by atoms with Gasteiger partial charge in [0.25, 0.3) is 0 Å². The zero-order valence-corrected chi connectivity index (χ0v) is 34.2. The van der Waals surface area contributed by atoms with Gasteiger partial charge in [0.2, 0.25) is 0 Å². The van der Waals surface area contributed by atoms with Gasteiger partial charge in [0.05, 0.1) is 21.0 Å². The summed E-state index contributed by atoms with van der Waals surface area (Å²) in [5, 5.41) is 11.1. The van der Waals surface area contributed by atoms with Crippen molar-refractivity contribution in [1.29, 1.82) is 0 Å². The number of rotatable bonds is 20. The van der Waals surface area contributed by atoms with Crippen LogP contribution in [0.4, 0.5) is 0 Å². The first kappa shape index (κ1) is 52.7. The zero-order valence-electron chi connectivity index (χ0n) is 28.5. The van der Waals surface area contributed by atoms with Crippen molar-refractivity contribution in [1.82, 2.24) is 0 Å². The van der Waals surface area contributed by atoms with Crippen molar-refractivity contribution in [3.8, 4) is 70.4 Å². The minimum Gasteiger partial charge on any atom is -0.790 e. The van der Waals surface area contributed by atoms with Gasteiger partial charge >= 0.3 is 65.1 Å². The molecule has 0 aliphatic rings. The van der Waals surface area contributed by atoms with Crippen molar-refractivity contribution in [2.45, 2.75) is 110 Å². The van der Waals surface area contributed by atoms with Crippen LogP contribution in [0.15, 0.2) is 0 Å². The number of aliphatic hydroxyl groups excluding tert-OH is 1. The average Bonchev–Trinajstić information content (AvgIpc) is 2.99. The van der Waals surface area contributed by atoms with Crippen LogP contribution in [0.1, 0.15) is 117 Å². The van der Waals surface area contributed by atoms with E-state index in [0.29, 0.717) is 6.42 Å². The zero-order chi connectivity index (χ0) is 33.9. The molecule has 0 aliphatic carbocycles. The second-order valence-corrected chi connectivity index (χ2v) is 11.3. The molecule has 0 amide bonds. The number of phosphoric ester groups is 1. The fourth-order valence-electron chi connectivity index (χ4n) is 3.27. The van der Waals surface area contributed by atoms with Gasteiger partial charge in [-0.1, -0.05) is 83.5 Å². The van der Waals surface area contributed by atoms with Gasteiger partial charge in [-0.05, 0) is 77.8 Å². The predicted octanol–water partition coefficient (Wildman–Crippen LogP) is 0.287. The Hall–Kier alpha value is -1.12. The molecule has 0 saturated heterocycles. The maximum absolute atomic E-state index is 11.8. The fraction of sp³-hybridized carbons (Fsp3) is 0.588. The first-order valence-electron chi connectivity index (χ1n) is 14.8. The molecular formula is C34H61Na2O9PS. The van der Waals surface area contributed by atoms with Crippen LogP contribution >= 0.6 is 19.6 Å².